The Morgan fingerprint density at radius 2 is 1.76 bits per heavy atom. The van der Waals surface area contributed by atoms with Crippen LogP contribution >= 0.6 is 0 Å². The molecule has 0 N–H and O–H groups in total. The Hall–Kier alpha value is -1.14. The Kier molecular flexibility index (Phi) is 4.24. The summed E-state index contributed by atoms with van der Waals surface area (Å²) in [5.41, 5.74) is -1.41. The van der Waals surface area contributed by atoms with Crippen LogP contribution in [0.3, 0.4) is 0 Å². The molecule has 1 aliphatic heterocycles. The maximum atomic E-state index is 13.9. The molecule has 1 saturated heterocycles. The van der Waals surface area contributed by atoms with Gasteiger partial charge in [0.2, 0.25) is 0 Å². The van der Waals surface area contributed by atoms with Crippen molar-refractivity contribution in [1.29, 1.82) is 0 Å². The minimum Gasteiger partial charge on any atom is -0.293 e. The summed E-state index contributed by atoms with van der Waals surface area (Å²) < 4.78 is 53.3. The minimum atomic E-state index is -4.55. The smallest absolute Gasteiger partial charge is 0.293 e. The molecule has 0 radical (unpaired) electrons. The van der Waals surface area contributed by atoms with Crippen molar-refractivity contribution in [2.24, 2.45) is 11.8 Å². The van der Waals surface area contributed by atoms with Gasteiger partial charge in [-0.1, -0.05) is 13.8 Å². The van der Waals surface area contributed by atoms with Crippen LogP contribution in [0.2, 0.25) is 0 Å². The standard InChI is InChI=1S/C19H25F4NO/c1-11-9-18(4,10-15-16(11)24(5)25-17(15,2)3)12-6-13(19(21,22)23)8-14(20)7-12/h6-8,11,15-16H,9-10H2,1-5H3/t11-,15+,16+,18+/m0/s1. The monoisotopic (exact) mass is 359 g/mol. The van der Waals surface area contributed by atoms with Crippen LogP contribution in [0.15, 0.2) is 18.2 Å². The van der Waals surface area contributed by atoms with Gasteiger partial charge in [-0.15, -0.1) is 0 Å². The molecule has 140 valence electrons. The second kappa shape index (κ2) is 5.68. The average Bonchev–Trinajstić information content (AvgIpc) is 2.66. The normalized spacial score (nSPS) is 35.6. The van der Waals surface area contributed by atoms with E-state index in [2.05, 4.69) is 6.92 Å². The first kappa shape index (κ1) is 18.6. The van der Waals surface area contributed by atoms with Crippen molar-refractivity contribution in [2.45, 2.75) is 63.8 Å². The zero-order valence-electron chi connectivity index (χ0n) is 15.2. The van der Waals surface area contributed by atoms with Gasteiger partial charge in [-0.2, -0.15) is 18.2 Å². The van der Waals surface area contributed by atoms with Gasteiger partial charge < -0.3 is 0 Å². The summed E-state index contributed by atoms with van der Waals surface area (Å²) >= 11 is 0. The fraction of sp³-hybridized carbons (Fsp3) is 0.684. The number of nitrogens with zero attached hydrogens (tertiary/aromatic N) is 1. The van der Waals surface area contributed by atoms with Crippen molar-refractivity contribution >= 4 is 0 Å². The third-order valence-electron chi connectivity index (χ3n) is 6.05. The summed E-state index contributed by atoms with van der Waals surface area (Å²) in [4.78, 5) is 5.98. The molecule has 1 saturated carbocycles. The van der Waals surface area contributed by atoms with E-state index in [9.17, 15) is 17.6 Å². The highest BCUT2D eigenvalue weighted by Crippen LogP contribution is 2.53. The molecule has 0 aromatic heterocycles. The number of fused-ring (bicyclic) bond motifs is 1. The molecular weight excluding hydrogens is 334 g/mol. The van der Waals surface area contributed by atoms with Crippen LogP contribution in [0, 0.1) is 17.7 Å². The Labute approximate surface area is 146 Å². The number of halogens is 4. The van der Waals surface area contributed by atoms with E-state index in [1.165, 1.54) is 6.07 Å². The molecule has 0 spiro atoms. The van der Waals surface area contributed by atoms with E-state index in [4.69, 9.17) is 4.84 Å². The van der Waals surface area contributed by atoms with Crippen molar-refractivity contribution in [3.05, 3.63) is 35.1 Å². The third-order valence-corrected chi connectivity index (χ3v) is 6.05. The van der Waals surface area contributed by atoms with Crippen LogP contribution in [0.5, 0.6) is 0 Å². The van der Waals surface area contributed by atoms with E-state index in [1.807, 2.05) is 32.9 Å². The van der Waals surface area contributed by atoms with Gasteiger partial charge in [0.1, 0.15) is 5.82 Å². The lowest BCUT2D eigenvalue weighted by Crippen LogP contribution is -2.48. The molecule has 3 rings (SSSR count). The highest BCUT2D eigenvalue weighted by atomic mass is 19.4. The molecule has 2 nitrogen and oxygen atoms in total. The molecule has 25 heavy (non-hydrogen) atoms. The average molecular weight is 359 g/mol. The summed E-state index contributed by atoms with van der Waals surface area (Å²) in [6.07, 6.45) is -3.19. The van der Waals surface area contributed by atoms with Crippen molar-refractivity contribution in [3.63, 3.8) is 0 Å². The fourth-order valence-corrected chi connectivity index (χ4v) is 5.02. The Balaban J connectivity index is 2.02. The first-order chi connectivity index (χ1) is 11.3. The summed E-state index contributed by atoms with van der Waals surface area (Å²) in [7, 11) is 1.91. The van der Waals surface area contributed by atoms with E-state index in [1.54, 1.807) is 0 Å². The number of hydrogen-bond acceptors (Lipinski definition) is 2. The lowest BCUT2D eigenvalue weighted by molar-refractivity contribution is -0.182. The van der Waals surface area contributed by atoms with Crippen molar-refractivity contribution in [1.82, 2.24) is 5.06 Å². The number of alkyl halides is 3. The third kappa shape index (κ3) is 3.19. The van der Waals surface area contributed by atoms with Gasteiger partial charge in [0.25, 0.3) is 0 Å². The van der Waals surface area contributed by atoms with Crippen LogP contribution in [0.1, 0.15) is 51.7 Å². The summed E-state index contributed by atoms with van der Waals surface area (Å²) in [6.45, 7) is 8.07. The summed E-state index contributed by atoms with van der Waals surface area (Å²) in [6, 6.07) is 3.16. The summed E-state index contributed by atoms with van der Waals surface area (Å²) in [5, 5.41) is 1.89. The van der Waals surface area contributed by atoms with Gasteiger partial charge in [0, 0.05) is 19.0 Å². The maximum absolute atomic E-state index is 13.9. The Morgan fingerprint density at radius 3 is 2.36 bits per heavy atom. The second-order valence-electron chi connectivity index (χ2n) is 8.51. The molecular formula is C19H25F4NO. The van der Waals surface area contributed by atoms with Gasteiger partial charge in [-0.25, -0.2) is 4.39 Å². The van der Waals surface area contributed by atoms with Crippen molar-refractivity contribution in [3.8, 4) is 0 Å². The topological polar surface area (TPSA) is 12.5 Å². The van der Waals surface area contributed by atoms with Crippen LogP contribution in [0.4, 0.5) is 17.6 Å². The lowest BCUT2D eigenvalue weighted by Gasteiger charge is -2.46. The molecule has 6 heteroatoms. The van der Waals surface area contributed by atoms with Gasteiger partial charge >= 0.3 is 6.18 Å². The van der Waals surface area contributed by atoms with Crippen LogP contribution in [-0.4, -0.2) is 23.8 Å². The predicted molar refractivity (Wildman–Crippen MR) is 87.4 cm³/mol. The number of benzene rings is 1. The van der Waals surface area contributed by atoms with E-state index in [0.29, 0.717) is 24.5 Å². The Morgan fingerprint density at radius 1 is 1.12 bits per heavy atom. The molecule has 1 aromatic rings. The van der Waals surface area contributed by atoms with E-state index >= 15 is 0 Å². The Bertz CT molecular complexity index is 672. The van der Waals surface area contributed by atoms with Crippen molar-refractivity contribution < 1.29 is 22.4 Å². The lowest BCUT2D eigenvalue weighted by atomic mass is 9.59. The maximum Gasteiger partial charge on any atom is 0.416 e. The molecule has 1 aliphatic carbocycles. The quantitative estimate of drug-likeness (QED) is 0.641. The molecule has 0 bridgehead atoms. The first-order valence-electron chi connectivity index (χ1n) is 8.64. The molecule has 1 aromatic carbocycles. The van der Waals surface area contributed by atoms with Gasteiger partial charge in [-0.05, 0) is 61.8 Å². The highest BCUT2D eigenvalue weighted by Gasteiger charge is 2.55. The molecule has 2 fully saturated rings. The van der Waals surface area contributed by atoms with Crippen LogP contribution in [-0.2, 0) is 16.4 Å². The molecule has 0 unspecified atom stereocenters. The van der Waals surface area contributed by atoms with Gasteiger partial charge in [-0.3, -0.25) is 4.84 Å². The largest absolute Gasteiger partial charge is 0.416 e. The zero-order valence-corrected chi connectivity index (χ0v) is 15.2. The molecule has 4 atom stereocenters. The van der Waals surface area contributed by atoms with Crippen LogP contribution in [0.25, 0.3) is 0 Å². The summed E-state index contributed by atoms with van der Waals surface area (Å²) in [5.74, 6) is -0.433. The SMILES string of the molecule is C[C@H]1C[C@@](C)(c2cc(F)cc(C(F)(F)F)c2)C[C@@H]2[C@@H]1N(C)OC2(C)C. The molecule has 0 amide bonds. The number of hydrogen-bond donors (Lipinski definition) is 0. The van der Waals surface area contributed by atoms with Gasteiger partial charge in [0.15, 0.2) is 0 Å². The molecule has 1 heterocycles. The number of rotatable bonds is 1. The second-order valence-corrected chi connectivity index (χ2v) is 8.51. The van der Waals surface area contributed by atoms with E-state index in [0.717, 1.165) is 6.07 Å². The zero-order chi connectivity index (χ0) is 18.8. The predicted octanol–water partition coefficient (Wildman–Crippen LogP) is 5.17. The van der Waals surface area contributed by atoms with Crippen molar-refractivity contribution in [2.75, 3.05) is 7.05 Å². The molecule has 2 aliphatic rings. The first-order valence-corrected chi connectivity index (χ1v) is 8.64. The fourth-order valence-electron chi connectivity index (χ4n) is 5.02. The van der Waals surface area contributed by atoms with E-state index in [-0.39, 0.29) is 17.9 Å². The minimum absolute atomic E-state index is 0.170. The van der Waals surface area contributed by atoms with Gasteiger partial charge in [0.05, 0.1) is 11.2 Å². The highest BCUT2D eigenvalue weighted by molar-refractivity contribution is 5.33. The van der Waals surface area contributed by atoms with E-state index < -0.39 is 28.6 Å². The van der Waals surface area contributed by atoms with Crippen LogP contribution < -0.4 is 0 Å². The number of hydroxylamine groups is 2.